The third-order valence-corrected chi connectivity index (χ3v) is 2.23. The van der Waals surface area contributed by atoms with Crippen molar-refractivity contribution in [3.8, 4) is 0 Å². The number of hydrogen-bond acceptors (Lipinski definition) is 6. The highest BCUT2D eigenvalue weighted by Gasteiger charge is 2.21. The molecule has 15 heavy (non-hydrogen) atoms. The Morgan fingerprint density at radius 1 is 1.60 bits per heavy atom. The van der Waals surface area contributed by atoms with Gasteiger partial charge in [0.05, 0.1) is 19.8 Å². The van der Waals surface area contributed by atoms with Gasteiger partial charge in [0.15, 0.2) is 5.82 Å². The normalized spacial score (nSPS) is 21.8. The van der Waals surface area contributed by atoms with Crippen LogP contribution in [-0.2, 0) is 15.9 Å². The molecule has 0 amide bonds. The molecule has 1 aliphatic heterocycles. The van der Waals surface area contributed by atoms with Crippen LogP contribution in [0.4, 0.5) is 0 Å². The Labute approximate surface area is 87.9 Å². The number of nitrogens with zero attached hydrogens (tertiary/aromatic N) is 2. The Hall–Kier alpha value is -0.980. The topological polar surface area (TPSA) is 69.4 Å². The molecule has 1 aromatic rings. The van der Waals surface area contributed by atoms with Crippen LogP contribution in [0.3, 0.4) is 0 Å². The molecule has 0 spiro atoms. The molecule has 84 valence electrons. The lowest BCUT2D eigenvalue weighted by molar-refractivity contribution is 0.0659. The van der Waals surface area contributed by atoms with Gasteiger partial charge < -0.3 is 19.3 Å². The predicted molar refractivity (Wildman–Crippen MR) is 51.4 cm³/mol. The first-order chi connectivity index (χ1) is 7.40. The maximum Gasteiger partial charge on any atom is 0.246 e. The van der Waals surface area contributed by atoms with E-state index in [0.717, 1.165) is 13.2 Å². The molecule has 1 saturated heterocycles. The monoisotopic (exact) mass is 213 g/mol. The molecule has 6 nitrogen and oxygen atoms in total. The SMILES string of the molecule is COCCc1noc(C2COCCN2)n1. The number of methoxy groups -OCH3 is 1. The van der Waals surface area contributed by atoms with Gasteiger partial charge in [0.25, 0.3) is 0 Å². The van der Waals surface area contributed by atoms with Crippen LogP contribution < -0.4 is 5.32 Å². The lowest BCUT2D eigenvalue weighted by Crippen LogP contribution is -2.34. The van der Waals surface area contributed by atoms with Gasteiger partial charge in [0.2, 0.25) is 5.89 Å². The van der Waals surface area contributed by atoms with Gasteiger partial charge in [-0.1, -0.05) is 5.16 Å². The first kappa shape index (κ1) is 10.5. The zero-order chi connectivity index (χ0) is 10.5. The summed E-state index contributed by atoms with van der Waals surface area (Å²) in [5.74, 6) is 1.28. The molecule has 0 radical (unpaired) electrons. The molecule has 1 N–H and O–H groups in total. The Morgan fingerprint density at radius 3 is 3.27 bits per heavy atom. The molecule has 0 aromatic carbocycles. The standard InChI is InChI=1S/C9H15N3O3/c1-13-4-2-8-11-9(15-12-8)7-6-14-5-3-10-7/h7,10H,2-6H2,1H3. The minimum atomic E-state index is 0.0301. The number of ether oxygens (including phenoxy) is 2. The first-order valence-corrected chi connectivity index (χ1v) is 5.02. The van der Waals surface area contributed by atoms with Gasteiger partial charge in [0.1, 0.15) is 6.04 Å². The van der Waals surface area contributed by atoms with Gasteiger partial charge >= 0.3 is 0 Å². The number of rotatable bonds is 4. The predicted octanol–water partition coefficient (Wildman–Crippen LogP) is -0.0806. The van der Waals surface area contributed by atoms with Gasteiger partial charge in [-0.15, -0.1) is 0 Å². The van der Waals surface area contributed by atoms with Crippen molar-refractivity contribution in [2.75, 3.05) is 33.5 Å². The van der Waals surface area contributed by atoms with E-state index in [4.69, 9.17) is 14.0 Å². The van der Waals surface area contributed by atoms with Crippen LogP contribution in [0.25, 0.3) is 0 Å². The van der Waals surface area contributed by atoms with Gasteiger partial charge in [-0.25, -0.2) is 0 Å². The van der Waals surface area contributed by atoms with Crippen molar-refractivity contribution in [3.63, 3.8) is 0 Å². The van der Waals surface area contributed by atoms with Crippen LogP contribution in [0.5, 0.6) is 0 Å². The van der Waals surface area contributed by atoms with E-state index >= 15 is 0 Å². The zero-order valence-electron chi connectivity index (χ0n) is 8.73. The maximum absolute atomic E-state index is 5.31. The number of aromatic nitrogens is 2. The Morgan fingerprint density at radius 2 is 2.53 bits per heavy atom. The van der Waals surface area contributed by atoms with Crippen LogP contribution in [0.1, 0.15) is 17.8 Å². The average Bonchev–Trinajstić information content (AvgIpc) is 2.76. The molecule has 1 aliphatic rings. The summed E-state index contributed by atoms with van der Waals surface area (Å²) in [6, 6.07) is 0.0301. The van der Waals surface area contributed by atoms with Crippen LogP contribution in [0, 0.1) is 0 Å². The van der Waals surface area contributed by atoms with E-state index in [-0.39, 0.29) is 6.04 Å². The summed E-state index contributed by atoms with van der Waals surface area (Å²) in [6.45, 7) is 2.75. The minimum absolute atomic E-state index is 0.0301. The highest BCUT2D eigenvalue weighted by Crippen LogP contribution is 2.13. The van der Waals surface area contributed by atoms with Gasteiger partial charge in [-0.3, -0.25) is 0 Å². The van der Waals surface area contributed by atoms with E-state index in [1.54, 1.807) is 7.11 Å². The fourth-order valence-corrected chi connectivity index (χ4v) is 1.43. The Bertz CT molecular complexity index is 297. The van der Waals surface area contributed by atoms with Crippen molar-refractivity contribution in [3.05, 3.63) is 11.7 Å². The third kappa shape index (κ3) is 2.74. The Balaban J connectivity index is 1.93. The fourth-order valence-electron chi connectivity index (χ4n) is 1.43. The molecule has 1 unspecified atom stereocenters. The Kier molecular flexibility index (Phi) is 3.65. The number of hydrogen-bond donors (Lipinski definition) is 1. The molecule has 1 aromatic heterocycles. The fraction of sp³-hybridized carbons (Fsp3) is 0.778. The first-order valence-electron chi connectivity index (χ1n) is 5.02. The molecule has 1 atom stereocenters. The summed E-state index contributed by atoms with van der Waals surface area (Å²) in [5.41, 5.74) is 0. The van der Waals surface area contributed by atoms with E-state index in [1.165, 1.54) is 0 Å². The highest BCUT2D eigenvalue weighted by atomic mass is 16.5. The second-order valence-electron chi connectivity index (χ2n) is 3.37. The van der Waals surface area contributed by atoms with E-state index < -0.39 is 0 Å². The second-order valence-corrected chi connectivity index (χ2v) is 3.37. The lowest BCUT2D eigenvalue weighted by atomic mass is 10.3. The average molecular weight is 213 g/mol. The molecular formula is C9H15N3O3. The summed E-state index contributed by atoms with van der Waals surface area (Å²) in [7, 11) is 1.65. The summed E-state index contributed by atoms with van der Waals surface area (Å²) in [6.07, 6.45) is 0.674. The summed E-state index contributed by atoms with van der Waals surface area (Å²) < 4.78 is 15.4. The minimum Gasteiger partial charge on any atom is -0.384 e. The largest absolute Gasteiger partial charge is 0.384 e. The molecule has 1 fully saturated rings. The molecule has 0 saturated carbocycles. The van der Waals surface area contributed by atoms with Gasteiger partial charge in [-0.05, 0) is 0 Å². The highest BCUT2D eigenvalue weighted by molar-refractivity contribution is 4.94. The molecular weight excluding hydrogens is 198 g/mol. The molecule has 2 rings (SSSR count). The van der Waals surface area contributed by atoms with E-state index in [1.807, 2.05) is 0 Å². The maximum atomic E-state index is 5.31. The van der Waals surface area contributed by atoms with Crippen LogP contribution >= 0.6 is 0 Å². The summed E-state index contributed by atoms with van der Waals surface area (Å²) >= 11 is 0. The van der Waals surface area contributed by atoms with Crippen molar-refractivity contribution in [1.29, 1.82) is 0 Å². The summed E-state index contributed by atoms with van der Waals surface area (Å²) in [4.78, 5) is 4.27. The van der Waals surface area contributed by atoms with Crippen LogP contribution in [-0.4, -0.2) is 43.6 Å². The van der Waals surface area contributed by atoms with Crippen molar-refractivity contribution < 1.29 is 14.0 Å². The third-order valence-electron chi connectivity index (χ3n) is 2.23. The molecule has 2 heterocycles. The molecule has 6 heteroatoms. The van der Waals surface area contributed by atoms with Crippen LogP contribution in [0.2, 0.25) is 0 Å². The van der Waals surface area contributed by atoms with Gasteiger partial charge in [-0.2, -0.15) is 4.98 Å². The lowest BCUT2D eigenvalue weighted by Gasteiger charge is -2.20. The zero-order valence-corrected chi connectivity index (χ0v) is 8.73. The van der Waals surface area contributed by atoms with Crippen molar-refractivity contribution in [2.45, 2.75) is 12.5 Å². The van der Waals surface area contributed by atoms with Gasteiger partial charge in [0, 0.05) is 20.1 Å². The summed E-state index contributed by atoms with van der Waals surface area (Å²) in [5, 5.41) is 7.12. The molecule has 0 aliphatic carbocycles. The van der Waals surface area contributed by atoms with Crippen molar-refractivity contribution in [2.24, 2.45) is 0 Å². The second kappa shape index (κ2) is 5.20. The van der Waals surface area contributed by atoms with E-state index in [0.29, 0.717) is 31.3 Å². The quantitative estimate of drug-likeness (QED) is 0.754. The van der Waals surface area contributed by atoms with E-state index in [9.17, 15) is 0 Å². The smallest absolute Gasteiger partial charge is 0.246 e. The van der Waals surface area contributed by atoms with Crippen molar-refractivity contribution >= 4 is 0 Å². The van der Waals surface area contributed by atoms with Crippen molar-refractivity contribution in [1.82, 2.24) is 15.5 Å². The van der Waals surface area contributed by atoms with E-state index in [2.05, 4.69) is 15.5 Å². The molecule has 0 bridgehead atoms. The number of morpholine rings is 1. The van der Waals surface area contributed by atoms with Crippen LogP contribution in [0.15, 0.2) is 4.52 Å². The number of nitrogens with one attached hydrogen (secondary N) is 1.